The molecule has 2 nitrogen and oxygen atoms in total. The summed E-state index contributed by atoms with van der Waals surface area (Å²) in [5, 5.41) is 0. The SMILES string of the molecule is CCCCCCCCCCCCCOc1ccc(-c2ccccc2-c2ccc(C(C)OCCCCCCCC)cc2)cc1. The van der Waals surface area contributed by atoms with Crippen LogP contribution >= 0.6 is 0 Å². The molecule has 43 heavy (non-hydrogen) atoms. The number of hydrogen-bond donors (Lipinski definition) is 0. The summed E-state index contributed by atoms with van der Waals surface area (Å²) in [7, 11) is 0. The molecule has 3 aromatic rings. The van der Waals surface area contributed by atoms with Crippen LogP contribution in [0.15, 0.2) is 72.8 Å². The van der Waals surface area contributed by atoms with Crippen molar-refractivity contribution >= 4 is 0 Å². The fourth-order valence-corrected chi connectivity index (χ4v) is 5.85. The topological polar surface area (TPSA) is 18.5 Å². The highest BCUT2D eigenvalue weighted by Gasteiger charge is 2.10. The van der Waals surface area contributed by atoms with E-state index in [-0.39, 0.29) is 6.10 Å². The Hall–Kier alpha value is -2.58. The summed E-state index contributed by atoms with van der Waals surface area (Å²) < 4.78 is 12.2. The molecule has 0 fully saturated rings. The molecule has 0 spiro atoms. The molecule has 0 aliphatic rings. The van der Waals surface area contributed by atoms with Crippen molar-refractivity contribution in [2.45, 2.75) is 136 Å². The molecule has 3 rings (SSSR count). The maximum Gasteiger partial charge on any atom is 0.119 e. The van der Waals surface area contributed by atoms with Crippen LogP contribution in [0.3, 0.4) is 0 Å². The highest BCUT2D eigenvalue weighted by atomic mass is 16.5. The number of unbranched alkanes of at least 4 members (excludes halogenated alkanes) is 15. The normalized spacial score (nSPS) is 12.0. The molecule has 1 unspecified atom stereocenters. The van der Waals surface area contributed by atoms with Gasteiger partial charge in [0, 0.05) is 6.61 Å². The first-order chi connectivity index (χ1) is 21.2. The van der Waals surface area contributed by atoms with Gasteiger partial charge in [0.2, 0.25) is 0 Å². The van der Waals surface area contributed by atoms with Crippen LogP contribution in [0.5, 0.6) is 5.75 Å². The monoisotopic (exact) mass is 584 g/mol. The lowest BCUT2D eigenvalue weighted by Gasteiger charge is -2.15. The van der Waals surface area contributed by atoms with E-state index in [4.69, 9.17) is 9.47 Å². The van der Waals surface area contributed by atoms with Crippen LogP contribution in [-0.4, -0.2) is 13.2 Å². The minimum atomic E-state index is 0.123. The number of benzene rings is 3. The van der Waals surface area contributed by atoms with Crippen molar-refractivity contribution in [1.82, 2.24) is 0 Å². The van der Waals surface area contributed by atoms with E-state index >= 15 is 0 Å². The fourth-order valence-electron chi connectivity index (χ4n) is 5.85. The Morgan fingerprint density at radius 2 is 0.884 bits per heavy atom. The Morgan fingerprint density at radius 1 is 0.465 bits per heavy atom. The van der Waals surface area contributed by atoms with Crippen molar-refractivity contribution in [1.29, 1.82) is 0 Å². The fraction of sp³-hybridized carbons (Fsp3) is 0.561. The van der Waals surface area contributed by atoms with Gasteiger partial charge >= 0.3 is 0 Å². The van der Waals surface area contributed by atoms with E-state index in [0.29, 0.717) is 0 Å². The third-order valence-corrected chi connectivity index (χ3v) is 8.67. The van der Waals surface area contributed by atoms with Crippen LogP contribution in [0, 0.1) is 0 Å². The van der Waals surface area contributed by atoms with E-state index in [1.54, 1.807) is 0 Å². The molecule has 0 bridgehead atoms. The molecule has 1 atom stereocenters. The smallest absolute Gasteiger partial charge is 0.119 e. The van der Waals surface area contributed by atoms with Crippen LogP contribution in [-0.2, 0) is 4.74 Å². The zero-order chi connectivity index (χ0) is 30.4. The van der Waals surface area contributed by atoms with Gasteiger partial charge in [-0.05, 0) is 59.7 Å². The van der Waals surface area contributed by atoms with Gasteiger partial charge in [0.25, 0.3) is 0 Å². The Kier molecular flexibility index (Phi) is 17.9. The summed E-state index contributed by atoms with van der Waals surface area (Å²) >= 11 is 0. The van der Waals surface area contributed by atoms with Crippen molar-refractivity contribution in [2.24, 2.45) is 0 Å². The Bertz CT molecular complexity index is 1090. The minimum Gasteiger partial charge on any atom is -0.494 e. The molecule has 2 heteroatoms. The maximum atomic E-state index is 6.15. The zero-order valence-electron chi connectivity index (χ0n) is 27.8. The third-order valence-electron chi connectivity index (χ3n) is 8.67. The highest BCUT2D eigenvalue weighted by molar-refractivity contribution is 5.83. The lowest BCUT2D eigenvalue weighted by atomic mass is 9.94. The van der Waals surface area contributed by atoms with Crippen LogP contribution in [0.2, 0.25) is 0 Å². The first-order valence-electron chi connectivity index (χ1n) is 17.8. The van der Waals surface area contributed by atoms with E-state index in [1.165, 1.54) is 124 Å². The first-order valence-corrected chi connectivity index (χ1v) is 17.8. The van der Waals surface area contributed by atoms with Crippen LogP contribution < -0.4 is 4.74 Å². The molecule has 0 heterocycles. The first kappa shape index (κ1) is 34.9. The summed E-state index contributed by atoms with van der Waals surface area (Å²) in [6.45, 7) is 8.37. The lowest BCUT2D eigenvalue weighted by Crippen LogP contribution is -2.02. The second-order valence-corrected chi connectivity index (χ2v) is 12.4. The largest absolute Gasteiger partial charge is 0.494 e. The Labute approximate surface area is 264 Å². The Morgan fingerprint density at radius 3 is 1.37 bits per heavy atom. The summed E-state index contributed by atoms with van der Waals surface area (Å²) in [5.74, 6) is 0.965. The van der Waals surface area contributed by atoms with Crippen molar-refractivity contribution in [3.05, 3.63) is 78.4 Å². The van der Waals surface area contributed by atoms with Crippen molar-refractivity contribution in [3.8, 4) is 28.0 Å². The van der Waals surface area contributed by atoms with Crippen molar-refractivity contribution in [3.63, 3.8) is 0 Å². The zero-order valence-corrected chi connectivity index (χ0v) is 27.8. The molecule has 236 valence electrons. The van der Waals surface area contributed by atoms with E-state index in [2.05, 4.69) is 93.6 Å². The number of ether oxygens (including phenoxy) is 2. The molecule has 0 saturated carbocycles. The molecule has 0 saturated heterocycles. The van der Waals surface area contributed by atoms with Crippen LogP contribution in [0.25, 0.3) is 22.3 Å². The third kappa shape index (κ3) is 13.7. The van der Waals surface area contributed by atoms with Gasteiger partial charge in [0.05, 0.1) is 12.7 Å². The molecule has 0 aromatic heterocycles. The minimum absolute atomic E-state index is 0.123. The molecule has 3 aromatic carbocycles. The molecule has 0 N–H and O–H groups in total. The number of hydrogen-bond acceptors (Lipinski definition) is 2. The summed E-state index contributed by atoms with van der Waals surface area (Å²) in [6.07, 6.45) is 22.8. The average molecular weight is 585 g/mol. The van der Waals surface area contributed by atoms with E-state index in [0.717, 1.165) is 31.8 Å². The molecular weight excluding hydrogens is 524 g/mol. The van der Waals surface area contributed by atoms with Crippen molar-refractivity contribution < 1.29 is 9.47 Å². The predicted molar refractivity (Wildman–Crippen MR) is 187 cm³/mol. The molecule has 0 amide bonds. The molecule has 0 radical (unpaired) electrons. The second kappa shape index (κ2) is 22.0. The predicted octanol–water partition coefficient (Wildman–Crippen LogP) is 13.1. The summed E-state index contributed by atoms with van der Waals surface area (Å²) in [6, 6.07) is 26.3. The van der Waals surface area contributed by atoms with Crippen LogP contribution in [0.1, 0.15) is 142 Å². The van der Waals surface area contributed by atoms with Crippen LogP contribution in [0.4, 0.5) is 0 Å². The lowest BCUT2D eigenvalue weighted by molar-refractivity contribution is 0.0627. The van der Waals surface area contributed by atoms with Gasteiger partial charge in [0.1, 0.15) is 5.75 Å². The molecule has 0 aliphatic heterocycles. The van der Waals surface area contributed by atoms with E-state index in [1.807, 2.05) is 0 Å². The average Bonchev–Trinajstić information content (AvgIpc) is 3.05. The molecule has 0 aliphatic carbocycles. The van der Waals surface area contributed by atoms with Gasteiger partial charge in [-0.2, -0.15) is 0 Å². The van der Waals surface area contributed by atoms with E-state index in [9.17, 15) is 0 Å². The standard InChI is InChI=1S/C41H60O2/c1-4-6-8-10-12-13-14-15-16-18-22-34-43-39-31-29-38(30-32-39)41-24-20-19-23-40(41)37-27-25-36(26-28-37)35(3)42-33-21-17-11-9-7-5-2/h19-20,23-32,35H,4-18,21-22,33-34H2,1-3H3. The second-order valence-electron chi connectivity index (χ2n) is 12.4. The molecular formula is C41H60O2. The Balaban J connectivity index is 1.40. The van der Waals surface area contributed by atoms with Gasteiger partial charge in [-0.15, -0.1) is 0 Å². The summed E-state index contributed by atoms with van der Waals surface area (Å²) in [4.78, 5) is 0. The quantitative estimate of drug-likeness (QED) is 0.0975. The highest BCUT2D eigenvalue weighted by Crippen LogP contribution is 2.33. The number of rotatable bonds is 24. The van der Waals surface area contributed by atoms with Gasteiger partial charge in [-0.25, -0.2) is 0 Å². The van der Waals surface area contributed by atoms with E-state index < -0.39 is 0 Å². The van der Waals surface area contributed by atoms with Crippen molar-refractivity contribution in [2.75, 3.05) is 13.2 Å². The maximum absolute atomic E-state index is 6.15. The van der Waals surface area contributed by atoms with Gasteiger partial charge in [-0.3, -0.25) is 0 Å². The van der Waals surface area contributed by atoms with Gasteiger partial charge in [0.15, 0.2) is 0 Å². The van der Waals surface area contributed by atoms with Gasteiger partial charge in [-0.1, -0.05) is 171 Å². The van der Waals surface area contributed by atoms with Gasteiger partial charge < -0.3 is 9.47 Å². The summed E-state index contributed by atoms with van der Waals surface area (Å²) in [5.41, 5.74) is 6.20.